The smallest absolute Gasteiger partial charge is 0.307 e. The van der Waals surface area contributed by atoms with E-state index in [4.69, 9.17) is 9.15 Å². The van der Waals surface area contributed by atoms with Crippen molar-refractivity contribution in [2.24, 2.45) is 5.10 Å². The minimum atomic E-state index is -0.414. The van der Waals surface area contributed by atoms with Crippen LogP contribution in [0.5, 0.6) is 5.75 Å². The van der Waals surface area contributed by atoms with E-state index in [0.717, 1.165) is 32.3 Å². The molecule has 1 N–H and O–H groups in total. The zero-order valence-corrected chi connectivity index (χ0v) is 21.3. The van der Waals surface area contributed by atoms with E-state index < -0.39 is 5.91 Å². The lowest BCUT2D eigenvalue weighted by Crippen LogP contribution is -2.16. The van der Waals surface area contributed by atoms with E-state index in [1.807, 2.05) is 42.5 Å². The summed E-state index contributed by atoms with van der Waals surface area (Å²) in [5.74, 6) is 0.581. The highest BCUT2D eigenvalue weighted by Gasteiger charge is 2.12. The molecule has 0 bridgehead atoms. The molecule has 4 rings (SSSR count). The standard InChI is InChI=1S/C26H20BrIN2O3/c1-2-3-19-12-18(6-10-23(19)32-16-17-4-8-22(28)9-5-17)15-29-30-26(31)25-14-20-13-21(27)7-11-24(20)33-25/h2,4-15H,1,3,16H2,(H,30,31)/b29-15+. The van der Waals surface area contributed by atoms with Gasteiger partial charge in [0.05, 0.1) is 6.21 Å². The number of hydrazone groups is 1. The number of benzene rings is 3. The van der Waals surface area contributed by atoms with Crippen molar-refractivity contribution in [3.63, 3.8) is 0 Å². The molecule has 0 saturated carbocycles. The first-order valence-corrected chi connectivity index (χ1v) is 12.0. The number of hydrogen-bond donors (Lipinski definition) is 1. The van der Waals surface area contributed by atoms with Gasteiger partial charge in [-0.25, -0.2) is 5.43 Å². The monoisotopic (exact) mass is 614 g/mol. The number of carbonyl (C=O) groups excluding carboxylic acids is 1. The normalized spacial score (nSPS) is 11.1. The second-order valence-corrected chi connectivity index (χ2v) is 9.43. The van der Waals surface area contributed by atoms with Crippen molar-refractivity contribution in [3.8, 4) is 5.75 Å². The minimum Gasteiger partial charge on any atom is -0.489 e. The summed E-state index contributed by atoms with van der Waals surface area (Å²) in [6.45, 7) is 4.32. The van der Waals surface area contributed by atoms with E-state index in [1.165, 1.54) is 3.57 Å². The topological polar surface area (TPSA) is 63.8 Å². The van der Waals surface area contributed by atoms with Crippen molar-refractivity contribution < 1.29 is 13.9 Å². The Morgan fingerprint density at radius 2 is 1.94 bits per heavy atom. The maximum atomic E-state index is 12.4. The number of hydrogen-bond acceptors (Lipinski definition) is 4. The third-order valence-electron chi connectivity index (χ3n) is 4.84. The Kier molecular flexibility index (Phi) is 7.61. The largest absolute Gasteiger partial charge is 0.489 e. The van der Waals surface area contributed by atoms with Crippen LogP contribution in [0.15, 0.2) is 93.4 Å². The van der Waals surface area contributed by atoms with E-state index in [0.29, 0.717) is 18.6 Å². The Bertz CT molecular complexity index is 1330. The molecular weight excluding hydrogens is 595 g/mol. The molecule has 5 nitrogen and oxygen atoms in total. The van der Waals surface area contributed by atoms with E-state index in [9.17, 15) is 4.79 Å². The van der Waals surface area contributed by atoms with Crippen LogP contribution in [0.3, 0.4) is 0 Å². The van der Waals surface area contributed by atoms with Crippen molar-refractivity contribution in [2.45, 2.75) is 13.0 Å². The fourth-order valence-electron chi connectivity index (χ4n) is 3.22. The molecule has 33 heavy (non-hydrogen) atoms. The lowest BCUT2D eigenvalue weighted by Gasteiger charge is -2.11. The van der Waals surface area contributed by atoms with Gasteiger partial charge < -0.3 is 9.15 Å². The zero-order chi connectivity index (χ0) is 23.2. The number of carbonyl (C=O) groups is 1. The molecule has 3 aromatic carbocycles. The molecule has 4 aromatic rings. The van der Waals surface area contributed by atoms with Gasteiger partial charge in [0.2, 0.25) is 0 Å². The number of nitrogens with zero attached hydrogens (tertiary/aromatic N) is 1. The summed E-state index contributed by atoms with van der Waals surface area (Å²) in [6, 6.07) is 21.2. The van der Waals surface area contributed by atoms with Crippen LogP contribution in [0.1, 0.15) is 27.2 Å². The molecule has 1 aromatic heterocycles. The number of ether oxygens (including phenoxy) is 1. The van der Waals surface area contributed by atoms with Gasteiger partial charge in [0, 0.05) is 13.4 Å². The summed E-state index contributed by atoms with van der Waals surface area (Å²) < 4.78 is 13.7. The van der Waals surface area contributed by atoms with Crippen molar-refractivity contribution in [1.29, 1.82) is 0 Å². The molecule has 0 radical (unpaired) electrons. The molecule has 0 spiro atoms. The SMILES string of the molecule is C=CCc1cc(/C=N/NC(=O)c2cc3cc(Br)ccc3o2)ccc1OCc1ccc(I)cc1. The van der Waals surface area contributed by atoms with Gasteiger partial charge in [-0.1, -0.05) is 34.1 Å². The number of halogens is 2. The molecular formula is C26H20BrIN2O3. The molecule has 166 valence electrons. The second-order valence-electron chi connectivity index (χ2n) is 7.27. The molecule has 0 unspecified atom stereocenters. The number of fused-ring (bicyclic) bond motifs is 1. The van der Waals surface area contributed by atoms with Gasteiger partial charge in [-0.3, -0.25) is 4.79 Å². The first kappa shape index (κ1) is 23.3. The van der Waals surface area contributed by atoms with Gasteiger partial charge in [0.25, 0.3) is 0 Å². The zero-order valence-electron chi connectivity index (χ0n) is 17.6. The number of rotatable bonds is 8. The lowest BCUT2D eigenvalue weighted by molar-refractivity contribution is 0.0929. The van der Waals surface area contributed by atoms with Crippen molar-refractivity contribution >= 4 is 61.6 Å². The minimum absolute atomic E-state index is 0.201. The average molecular weight is 615 g/mol. The van der Waals surface area contributed by atoms with Crippen LogP contribution < -0.4 is 10.2 Å². The number of furan rings is 1. The van der Waals surface area contributed by atoms with Gasteiger partial charge in [-0.2, -0.15) is 5.10 Å². The molecule has 1 amide bonds. The highest BCUT2D eigenvalue weighted by Crippen LogP contribution is 2.24. The predicted molar refractivity (Wildman–Crippen MR) is 143 cm³/mol. The van der Waals surface area contributed by atoms with E-state index >= 15 is 0 Å². The fraction of sp³-hybridized carbons (Fsp3) is 0.0769. The van der Waals surface area contributed by atoms with Crippen LogP contribution >= 0.6 is 38.5 Å². The van der Waals surface area contributed by atoms with Crippen molar-refractivity contribution in [1.82, 2.24) is 5.43 Å². The molecule has 0 aliphatic carbocycles. The van der Waals surface area contributed by atoms with Crippen LogP contribution in [-0.4, -0.2) is 12.1 Å². The van der Waals surface area contributed by atoms with Crippen LogP contribution in [0.25, 0.3) is 11.0 Å². The van der Waals surface area contributed by atoms with E-state index in [-0.39, 0.29) is 5.76 Å². The summed E-state index contributed by atoms with van der Waals surface area (Å²) in [4.78, 5) is 12.4. The summed E-state index contributed by atoms with van der Waals surface area (Å²) in [7, 11) is 0. The van der Waals surface area contributed by atoms with Crippen LogP contribution in [0, 0.1) is 3.57 Å². The quantitative estimate of drug-likeness (QED) is 0.102. The summed E-state index contributed by atoms with van der Waals surface area (Å²) in [5, 5.41) is 4.92. The third kappa shape index (κ3) is 6.11. The van der Waals surface area contributed by atoms with Gasteiger partial charge in [0.1, 0.15) is 17.9 Å². The third-order valence-corrected chi connectivity index (χ3v) is 6.05. The highest BCUT2D eigenvalue weighted by molar-refractivity contribution is 14.1. The highest BCUT2D eigenvalue weighted by atomic mass is 127. The maximum absolute atomic E-state index is 12.4. The molecule has 1 heterocycles. The van der Waals surface area contributed by atoms with Crippen LogP contribution in [-0.2, 0) is 13.0 Å². The number of amides is 1. The number of allylic oxidation sites excluding steroid dienone is 1. The van der Waals surface area contributed by atoms with E-state index in [1.54, 1.807) is 12.3 Å². The predicted octanol–water partition coefficient (Wildman–Crippen LogP) is 6.87. The molecule has 0 aliphatic heterocycles. The Balaban J connectivity index is 1.42. The van der Waals surface area contributed by atoms with E-state index in [2.05, 4.69) is 79.9 Å². The van der Waals surface area contributed by atoms with Crippen LogP contribution in [0.2, 0.25) is 0 Å². The van der Waals surface area contributed by atoms with Crippen LogP contribution in [0.4, 0.5) is 0 Å². The summed E-state index contributed by atoms with van der Waals surface area (Å²) >= 11 is 5.69. The average Bonchev–Trinajstić information content (AvgIpc) is 3.23. The molecule has 0 aliphatic rings. The Morgan fingerprint density at radius 3 is 2.73 bits per heavy atom. The summed E-state index contributed by atoms with van der Waals surface area (Å²) in [5.41, 5.74) is 6.09. The molecule has 7 heteroatoms. The lowest BCUT2D eigenvalue weighted by atomic mass is 10.1. The van der Waals surface area contributed by atoms with Gasteiger partial charge >= 0.3 is 5.91 Å². The first-order valence-electron chi connectivity index (χ1n) is 10.2. The van der Waals surface area contributed by atoms with Crippen molar-refractivity contribution in [3.05, 3.63) is 110 Å². The maximum Gasteiger partial charge on any atom is 0.307 e. The van der Waals surface area contributed by atoms with Crippen molar-refractivity contribution in [2.75, 3.05) is 0 Å². The van der Waals surface area contributed by atoms with Gasteiger partial charge in [-0.05, 0) is 100 Å². The van der Waals surface area contributed by atoms with Gasteiger partial charge in [0.15, 0.2) is 5.76 Å². The Labute approximate surface area is 213 Å². The first-order chi connectivity index (χ1) is 16.0. The second kappa shape index (κ2) is 10.8. The summed E-state index contributed by atoms with van der Waals surface area (Å²) in [6.07, 6.45) is 4.08. The van der Waals surface area contributed by atoms with Gasteiger partial charge in [-0.15, -0.1) is 6.58 Å². The molecule has 0 fully saturated rings. The number of nitrogens with one attached hydrogen (secondary N) is 1. The Morgan fingerprint density at radius 1 is 1.12 bits per heavy atom. The molecule has 0 saturated heterocycles. The Hall–Kier alpha value is -2.91. The molecule has 0 atom stereocenters. The fourth-order valence-corrected chi connectivity index (χ4v) is 3.96.